The zero-order chi connectivity index (χ0) is 13.1. The fourth-order valence-electron chi connectivity index (χ4n) is 2.38. The number of aromatic hydroxyl groups is 1. The van der Waals surface area contributed by atoms with E-state index in [9.17, 15) is 9.90 Å². The number of aryl methyl sites for hydroxylation is 1. The van der Waals surface area contributed by atoms with Gasteiger partial charge in [0.2, 0.25) is 0 Å². The maximum atomic E-state index is 12.3. The number of rotatable bonds is 3. The van der Waals surface area contributed by atoms with Gasteiger partial charge in [-0.1, -0.05) is 11.6 Å². The number of benzene rings is 1. The third kappa shape index (κ3) is 2.64. The summed E-state index contributed by atoms with van der Waals surface area (Å²) in [5, 5.41) is 9.76. The molecule has 1 aliphatic rings. The van der Waals surface area contributed by atoms with E-state index in [4.69, 9.17) is 4.74 Å². The van der Waals surface area contributed by atoms with Gasteiger partial charge in [-0.25, -0.2) is 0 Å². The molecule has 4 heteroatoms. The second kappa shape index (κ2) is 5.40. The summed E-state index contributed by atoms with van der Waals surface area (Å²) in [6.45, 7) is 4.04. The van der Waals surface area contributed by atoms with Gasteiger partial charge in [0.25, 0.3) is 5.91 Å². The Bertz CT molecular complexity index is 445. The second-order valence-electron chi connectivity index (χ2n) is 4.88. The molecular weight excluding hydrogens is 230 g/mol. The minimum absolute atomic E-state index is 0.0563. The molecule has 1 saturated heterocycles. The van der Waals surface area contributed by atoms with Gasteiger partial charge < -0.3 is 14.7 Å². The van der Waals surface area contributed by atoms with Crippen LogP contribution in [0.25, 0.3) is 0 Å². The Labute approximate surface area is 107 Å². The van der Waals surface area contributed by atoms with Crippen LogP contribution in [0.15, 0.2) is 18.2 Å². The van der Waals surface area contributed by atoms with E-state index in [0.717, 1.165) is 18.5 Å². The smallest absolute Gasteiger partial charge is 0.257 e. The molecule has 0 aliphatic carbocycles. The Morgan fingerprint density at radius 3 is 3.06 bits per heavy atom. The van der Waals surface area contributed by atoms with Gasteiger partial charge in [-0.2, -0.15) is 0 Å². The minimum atomic E-state index is -0.0881. The molecule has 1 aliphatic heterocycles. The zero-order valence-electron chi connectivity index (χ0n) is 10.8. The summed E-state index contributed by atoms with van der Waals surface area (Å²) in [4.78, 5) is 14.1. The molecule has 0 spiro atoms. The van der Waals surface area contributed by atoms with Crippen LogP contribution in [-0.2, 0) is 4.74 Å². The summed E-state index contributed by atoms with van der Waals surface area (Å²) in [6, 6.07) is 5.11. The van der Waals surface area contributed by atoms with Crippen molar-refractivity contribution in [1.29, 1.82) is 0 Å². The number of phenolic OH excluding ortho intramolecular Hbond substituents is 1. The number of nitrogens with zero attached hydrogens (tertiary/aromatic N) is 1. The first kappa shape index (κ1) is 12.9. The molecule has 1 atom stereocenters. The Morgan fingerprint density at radius 1 is 1.56 bits per heavy atom. The SMILES string of the molecule is COCC1CCN(C(=O)c2cc(C)ccc2O)C1. The fraction of sp³-hybridized carbons (Fsp3) is 0.500. The highest BCUT2D eigenvalue weighted by Gasteiger charge is 2.28. The van der Waals surface area contributed by atoms with E-state index in [1.165, 1.54) is 0 Å². The van der Waals surface area contributed by atoms with Gasteiger partial charge >= 0.3 is 0 Å². The summed E-state index contributed by atoms with van der Waals surface area (Å²) >= 11 is 0. The van der Waals surface area contributed by atoms with E-state index < -0.39 is 0 Å². The lowest BCUT2D eigenvalue weighted by Crippen LogP contribution is -2.29. The molecule has 98 valence electrons. The highest BCUT2D eigenvalue weighted by atomic mass is 16.5. The van der Waals surface area contributed by atoms with Gasteiger partial charge in [-0.3, -0.25) is 4.79 Å². The van der Waals surface area contributed by atoms with E-state index in [1.807, 2.05) is 6.92 Å². The maximum Gasteiger partial charge on any atom is 0.257 e. The Kier molecular flexibility index (Phi) is 3.87. The van der Waals surface area contributed by atoms with Crippen LogP contribution in [0.4, 0.5) is 0 Å². The number of carbonyl (C=O) groups is 1. The van der Waals surface area contributed by atoms with Crippen molar-refractivity contribution in [3.05, 3.63) is 29.3 Å². The van der Waals surface area contributed by atoms with Crippen LogP contribution in [0.5, 0.6) is 5.75 Å². The predicted molar refractivity (Wildman–Crippen MR) is 68.7 cm³/mol. The van der Waals surface area contributed by atoms with Gasteiger partial charge in [0, 0.05) is 26.1 Å². The van der Waals surface area contributed by atoms with Crippen LogP contribution in [0.3, 0.4) is 0 Å². The average molecular weight is 249 g/mol. The van der Waals surface area contributed by atoms with E-state index in [2.05, 4.69) is 0 Å². The monoisotopic (exact) mass is 249 g/mol. The number of ether oxygens (including phenoxy) is 1. The van der Waals surface area contributed by atoms with Crippen LogP contribution in [-0.4, -0.2) is 42.7 Å². The second-order valence-corrected chi connectivity index (χ2v) is 4.88. The van der Waals surface area contributed by atoms with Gasteiger partial charge in [-0.15, -0.1) is 0 Å². The minimum Gasteiger partial charge on any atom is -0.507 e. The van der Waals surface area contributed by atoms with Crippen molar-refractivity contribution in [1.82, 2.24) is 4.90 Å². The standard InChI is InChI=1S/C14H19NO3/c1-10-3-4-13(16)12(7-10)14(17)15-6-5-11(8-15)9-18-2/h3-4,7,11,16H,5-6,8-9H2,1-2H3. The number of carbonyl (C=O) groups excluding carboxylic acids is 1. The van der Waals surface area contributed by atoms with Gasteiger partial charge in [-0.05, 0) is 25.5 Å². The molecular formula is C14H19NO3. The first-order valence-electron chi connectivity index (χ1n) is 6.19. The Balaban J connectivity index is 2.10. The molecule has 1 heterocycles. The first-order valence-corrected chi connectivity index (χ1v) is 6.19. The highest BCUT2D eigenvalue weighted by Crippen LogP contribution is 2.24. The van der Waals surface area contributed by atoms with Crippen molar-refractivity contribution >= 4 is 5.91 Å². The number of hydrogen-bond donors (Lipinski definition) is 1. The summed E-state index contributed by atoms with van der Waals surface area (Å²) in [7, 11) is 1.68. The molecule has 1 aromatic carbocycles. The van der Waals surface area contributed by atoms with Gasteiger partial charge in [0.15, 0.2) is 0 Å². The van der Waals surface area contributed by atoms with Gasteiger partial charge in [0.05, 0.1) is 12.2 Å². The van der Waals surface area contributed by atoms with Crippen molar-refractivity contribution < 1.29 is 14.6 Å². The van der Waals surface area contributed by atoms with Crippen molar-refractivity contribution in [2.24, 2.45) is 5.92 Å². The van der Waals surface area contributed by atoms with Crippen LogP contribution >= 0.6 is 0 Å². The number of methoxy groups -OCH3 is 1. The normalized spacial score (nSPS) is 19.2. The highest BCUT2D eigenvalue weighted by molar-refractivity contribution is 5.97. The third-order valence-corrected chi connectivity index (χ3v) is 3.36. The largest absolute Gasteiger partial charge is 0.507 e. The van der Waals surface area contributed by atoms with Crippen molar-refractivity contribution in [3.8, 4) is 5.75 Å². The van der Waals surface area contributed by atoms with Crippen molar-refractivity contribution in [3.63, 3.8) is 0 Å². The lowest BCUT2D eigenvalue weighted by atomic mass is 10.1. The van der Waals surface area contributed by atoms with E-state index in [1.54, 1.807) is 30.2 Å². The lowest BCUT2D eigenvalue weighted by molar-refractivity contribution is 0.0772. The fourth-order valence-corrected chi connectivity index (χ4v) is 2.38. The van der Waals surface area contributed by atoms with E-state index in [-0.39, 0.29) is 11.7 Å². The Morgan fingerprint density at radius 2 is 2.33 bits per heavy atom. The molecule has 0 bridgehead atoms. The number of hydrogen-bond acceptors (Lipinski definition) is 3. The molecule has 0 radical (unpaired) electrons. The topological polar surface area (TPSA) is 49.8 Å². The molecule has 1 fully saturated rings. The van der Waals surface area contributed by atoms with E-state index in [0.29, 0.717) is 24.6 Å². The molecule has 1 amide bonds. The molecule has 1 unspecified atom stereocenters. The molecule has 2 rings (SSSR count). The van der Waals surface area contributed by atoms with Crippen molar-refractivity contribution in [2.45, 2.75) is 13.3 Å². The summed E-state index contributed by atoms with van der Waals surface area (Å²) in [6.07, 6.45) is 0.964. The molecule has 4 nitrogen and oxygen atoms in total. The summed E-state index contributed by atoms with van der Waals surface area (Å²) in [5.74, 6) is 0.376. The maximum absolute atomic E-state index is 12.3. The first-order chi connectivity index (χ1) is 8.61. The summed E-state index contributed by atoms with van der Waals surface area (Å²) in [5.41, 5.74) is 1.37. The van der Waals surface area contributed by atoms with Crippen LogP contribution < -0.4 is 0 Å². The van der Waals surface area contributed by atoms with Crippen LogP contribution in [0.2, 0.25) is 0 Å². The quantitative estimate of drug-likeness (QED) is 0.888. The van der Waals surface area contributed by atoms with Gasteiger partial charge in [0.1, 0.15) is 5.75 Å². The number of phenols is 1. The average Bonchev–Trinajstić information content (AvgIpc) is 2.80. The molecule has 18 heavy (non-hydrogen) atoms. The van der Waals surface area contributed by atoms with Crippen molar-refractivity contribution in [2.75, 3.05) is 26.8 Å². The molecule has 1 aromatic rings. The third-order valence-electron chi connectivity index (χ3n) is 3.36. The predicted octanol–water partition coefficient (Wildman–Crippen LogP) is 1.81. The zero-order valence-corrected chi connectivity index (χ0v) is 10.8. The molecule has 0 saturated carbocycles. The lowest BCUT2D eigenvalue weighted by Gasteiger charge is -2.17. The number of amides is 1. The molecule has 1 N–H and O–H groups in total. The Hall–Kier alpha value is -1.55. The molecule has 0 aromatic heterocycles. The van der Waals surface area contributed by atoms with Crippen LogP contribution in [0.1, 0.15) is 22.3 Å². The van der Waals surface area contributed by atoms with Crippen LogP contribution in [0, 0.1) is 12.8 Å². The number of likely N-dealkylation sites (tertiary alicyclic amines) is 1. The van der Waals surface area contributed by atoms with E-state index >= 15 is 0 Å². The summed E-state index contributed by atoms with van der Waals surface area (Å²) < 4.78 is 5.12.